The summed E-state index contributed by atoms with van der Waals surface area (Å²) in [5, 5.41) is 12.1. The molecule has 0 atom stereocenters. The van der Waals surface area contributed by atoms with Crippen LogP contribution in [-0.2, 0) is 16.9 Å². The Bertz CT molecular complexity index is 1140. The predicted molar refractivity (Wildman–Crippen MR) is 103 cm³/mol. The molecule has 1 N–H and O–H groups in total. The molecule has 4 rings (SSSR count). The van der Waals surface area contributed by atoms with Crippen molar-refractivity contribution in [2.45, 2.75) is 39.8 Å². The summed E-state index contributed by atoms with van der Waals surface area (Å²) in [4.78, 5) is 25.5. The van der Waals surface area contributed by atoms with Gasteiger partial charge in [-0.2, -0.15) is 10.2 Å². The topological polar surface area (TPSA) is 100 Å². The third-order valence-corrected chi connectivity index (χ3v) is 4.45. The van der Waals surface area contributed by atoms with Crippen LogP contribution in [0.2, 0.25) is 0 Å². The van der Waals surface area contributed by atoms with Crippen molar-refractivity contribution in [3.05, 3.63) is 40.4 Å². The second kappa shape index (κ2) is 6.36. The number of ether oxygens (including phenoxy) is 2. The van der Waals surface area contributed by atoms with Gasteiger partial charge in [-0.25, -0.2) is 4.68 Å². The summed E-state index contributed by atoms with van der Waals surface area (Å²) < 4.78 is 13.4. The number of carbonyl (C=O) groups excluding carboxylic acids is 1. The van der Waals surface area contributed by atoms with Gasteiger partial charge < -0.3 is 14.8 Å². The molecule has 0 spiro atoms. The number of carbonyl (C=O) groups is 1. The first-order valence-corrected chi connectivity index (χ1v) is 8.89. The van der Waals surface area contributed by atoms with Crippen LogP contribution in [0.25, 0.3) is 10.9 Å². The lowest BCUT2D eigenvalue weighted by atomic mass is 10.1. The van der Waals surface area contributed by atoms with E-state index in [0.717, 1.165) is 0 Å². The van der Waals surface area contributed by atoms with Crippen LogP contribution in [0, 0.1) is 6.92 Å². The van der Waals surface area contributed by atoms with Crippen LogP contribution < -0.4 is 20.3 Å². The Morgan fingerprint density at radius 2 is 2.00 bits per heavy atom. The number of nitrogens with zero attached hydrogens (tertiary/aromatic N) is 4. The van der Waals surface area contributed by atoms with Gasteiger partial charge in [-0.15, -0.1) is 0 Å². The van der Waals surface area contributed by atoms with E-state index in [9.17, 15) is 9.59 Å². The number of anilines is 1. The van der Waals surface area contributed by atoms with Gasteiger partial charge in [0.15, 0.2) is 11.5 Å². The lowest BCUT2D eigenvalue weighted by molar-refractivity contribution is -0.117. The summed E-state index contributed by atoms with van der Waals surface area (Å²) >= 11 is 0. The van der Waals surface area contributed by atoms with Gasteiger partial charge >= 0.3 is 0 Å². The van der Waals surface area contributed by atoms with Gasteiger partial charge in [0, 0.05) is 17.1 Å². The molecular formula is C19H21N5O4. The highest BCUT2D eigenvalue weighted by Gasteiger charge is 2.22. The summed E-state index contributed by atoms with van der Waals surface area (Å²) in [6.45, 7) is 7.64. The fourth-order valence-corrected chi connectivity index (χ4v) is 3.15. The normalized spacial score (nSPS) is 13.1. The molecule has 0 unspecified atom stereocenters. The maximum atomic E-state index is 13.0. The highest BCUT2D eigenvalue weighted by molar-refractivity contribution is 5.91. The number of rotatable bonds is 3. The van der Waals surface area contributed by atoms with Gasteiger partial charge in [0.05, 0.1) is 17.4 Å². The van der Waals surface area contributed by atoms with E-state index in [0.29, 0.717) is 33.8 Å². The summed E-state index contributed by atoms with van der Waals surface area (Å²) in [6.07, 6.45) is 1.64. The summed E-state index contributed by atoms with van der Waals surface area (Å²) in [5.74, 6) is 0.834. The molecule has 3 heterocycles. The Kier molecular flexibility index (Phi) is 4.10. The summed E-state index contributed by atoms with van der Waals surface area (Å²) in [7, 11) is 0. The molecule has 0 fully saturated rings. The molecular weight excluding hydrogens is 362 g/mol. The molecule has 0 saturated heterocycles. The van der Waals surface area contributed by atoms with E-state index in [1.807, 2.05) is 20.8 Å². The van der Waals surface area contributed by atoms with E-state index in [1.54, 1.807) is 36.0 Å². The molecule has 0 aliphatic carbocycles. The molecule has 1 aliphatic heterocycles. The van der Waals surface area contributed by atoms with E-state index in [2.05, 4.69) is 15.5 Å². The first-order chi connectivity index (χ1) is 13.2. The number of nitrogens with one attached hydrogen (secondary N) is 1. The number of aromatic nitrogens is 4. The molecule has 0 bridgehead atoms. The molecule has 9 heteroatoms. The number of fused-ring (bicyclic) bond motifs is 2. The molecule has 146 valence electrons. The van der Waals surface area contributed by atoms with Crippen LogP contribution >= 0.6 is 0 Å². The maximum Gasteiger partial charge on any atom is 0.293 e. The van der Waals surface area contributed by atoms with E-state index >= 15 is 0 Å². The molecule has 0 radical (unpaired) electrons. The fraction of sp³-hybridized carbons (Fsp3) is 0.368. The first kappa shape index (κ1) is 18.0. The van der Waals surface area contributed by atoms with E-state index in [1.165, 1.54) is 4.68 Å². The van der Waals surface area contributed by atoms with Gasteiger partial charge in [0.2, 0.25) is 12.7 Å². The Labute approximate surface area is 160 Å². The second-order valence-corrected chi connectivity index (χ2v) is 7.65. The van der Waals surface area contributed by atoms with Crippen molar-refractivity contribution in [1.29, 1.82) is 0 Å². The average molecular weight is 383 g/mol. The van der Waals surface area contributed by atoms with Crippen LogP contribution in [0.15, 0.2) is 29.2 Å². The first-order valence-electron chi connectivity index (χ1n) is 8.89. The smallest absolute Gasteiger partial charge is 0.293 e. The van der Waals surface area contributed by atoms with Crippen molar-refractivity contribution in [2.75, 3.05) is 12.1 Å². The van der Waals surface area contributed by atoms with Crippen LogP contribution in [0.1, 0.15) is 26.5 Å². The van der Waals surface area contributed by atoms with Crippen LogP contribution in [0.3, 0.4) is 0 Å². The van der Waals surface area contributed by atoms with Crippen LogP contribution in [0.5, 0.6) is 11.5 Å². The SMILES string of the molecule is Cc1nn(CC(=O)Nc2ccc3c(c2)OCO3)c(=O)c2c1cnn2C(C)(C)C. The summed E-state index contributed by atoms with van der Waals surface area (Å²) in [6, 6.07) is 5.12. The zero-order valence-electron chi connectivity index (χ0n) is 16.1. The van der Waals surface area contributed by atoms with Gasteiger partial charge in [0.1, 0.15) is 12.1 Å². The Morgan fingerprint density at radius 3 is 2.75 bits per heavy atom. The van der Waals surface area contributed by atoms with Crippen LogP contribution in [-0.4, -0.2) is 32.3 Å². The standard InChI is InChI=1S/C19H21N5O4/c1-11-13-8-20-24(19(2,3)4)17(13)18(26)23(22-11)9-16(25)21-12-5-6-14-15(7-12)28-10-27-14/h5-8H,9-10H2,1-4H3,(H,21,25). The lowest BCUT2D eigenvalue weighted by Crippen LogP contribution is -2.33. The van der Waals surface area contributed by atoms with Crippen molar-refractivity contribution < 1.29 is 14.3 Å². The fourth-order valence-electron chi connectivity index (χ4n) is 3.15. The highest BCUT2D eigenvalue weighted by atomic mass is 16.7. The molecule has 1 amide bonds. The van der Waals surface area contributed by atoms with Gasteiger partial charge in [-0.05, 0) is 39.8 Å². The molecule has 3 aromatic rings. The lowest BCUT2D eigenvalue weighted by Gasteiger charge is -2.20. The van der Waals surface area contributed by atoms with Crippen molar-refractivity contribution >= 4 is 22.5 Å². The van der Waals surface area contributed by atoms with Crippen molar-refractivity contribution in [1.82, 2.24) is 19.6 Å². The Balaban J connectivity index is 1.63. The number of aryl methyl sites for hydroxylation is 1. The third-order valence-electron chi connectivity index (χ3n) is 4.45. The molecule has 1 aromatic carbocycles. The Morgan fingerprint density at radius 1 is 1.25 bits per heavy atom. The minimum atomic E-state index is -0.374. The second-order valence-electron chi connectivity index (χ2n) is 7.65. The summed E-state index contributed by atoms with van der Waals surface area (Å²) in [5.41, 5.74) is 0.909. The van der Waals surface area contributed by atoms with Gasteiger partial charge in [-0.1, -0.05) is 0 Å². The van der Waals surface area contributed by atoms with Crippen molar-refractivity contribution in [3.63, 3.8) is 0 Å². The number of benzene rings is 1. The molecule has 1 aliphatic rings. The van der Waals surface area contributed by atoms with E-state index in [-0.39, 0.29) is 30.3 Å². The zero-order chi connectivity index (χ0) is 20.1. The van der Waals surface area contributed by atoms with Crippen molar-refractivity contribution in [3.8, 4) is 11.5 Å². The molecule has 2 aromatic heterocycles. The quantitative estimate of drug-likeness (QED) is 0.743. The van der Waals surface area contributed by atoms with E-state index in [4.69, 9.17) is 9.47 Å². The molecule has 28 heavy (non-hydrogen) atoms. The Hall–Kier alpha value is -3.36. The maximum absolute atomic E-state index is 13.0. The average Bonchev–Trinajstić information content (AvgIpc) is 3.25. The third kappa shape index (κ3) is 3.08. The highest BCUT2D eigenvalue weighted by Crippen LogP contribution is 2.34. The number of hydrogen-bond donors (Lipinski definition) is 1. The monoisotopic (exact) mass is 383 g/mol. The largest absolute Gasteiger partial charge is 0.454 e. The minimum absolute atomic E-state index is 0.160. The number of hydrogen-bond acceptors (Lipinski definition) is 6. The van der Waals surface area contributed by atoms with Gasteiger partial charge in [0.25, 0.3) is 5.56 Å². The zero-order valence-corrected chi connectivity index (χ0v) is 16.1. The van der Waals surface area contributed by atoms with Crippen molar-refractivity contribution in [2.24, 2.45) is 0 Å². The van der Waals surface area contributed by atoms with E-state index < -0.39 is 0 Å². The van der Waals surface area contributed by atoms with Gasteiger partial charge in [-0.3, -0.25) is 14.3 Å². The van der Waals surface area contributed by atoms with Crippen LogP contribution in [0.4, 0.5) is 5.69 Å². The molecule has 9 nitrogen and oxygen atoms in total. The molecule has 0 saturated carbocycles. The minimum Gasteiger partial charge on any atom is -0.454 e. The number of amides is 1. The predicted octanol–water partition coefficient (Wildman–Crippen LogP) is 2.02.